The second-order valence-corrected chi connectivity index (χ2v) is 12.1. The molecule has 0 amide bonds. The highest BCUT2D eigenvalue weighted by molar-refractivity contribution is 6.15. The van der Waals surface area contributed by atoms with E-state index in [1.807, 2.05) is 0 Å². The maximum absolute atomic E-state index is 3.88. The van der Waals surface area contributed by atoms with Gasteiger partial charge in [0.2, 0.25) is 0 Å². The van der Waals surface area contributed by atoms with E-state index in [4.69, 9.17) is 0 Å². The van der Waals surface area contributed by atoms with Gasteiger partial charge >= 0.3 is 0 Å². The number of rotatable bonds is 5. The molecule has 0 aromatic heterocycles. The second-order valence-electron chi connectivity index (χ2n) is 12.1. The third kappa shape index (κ3) is 3.95. The maximum Gasteiger partial charge on any atom is 0.0714 e. The quantitative estimate of drug-likeness (QED) is 0.198. The lowest BCUT2D eigenvalue weighted by molar-refractivity contribution is 0.769. The third-order valence-electron chi connectivity index (χ3n) is 9.72. The van der Waals surface area contributed by atoms with Gasteiger partial charge in [0, 0.05) is 16.9 Å². The first-order valence-corrected chi connectivity index (χ1v) is 15.9. The van der Waals surface area contributed by atoms with Crippen molar-refractivity contribution in [2.45, 2.75) is 5.41 Å². The van der Waals surface area contributed by atoms with Crippen LogP contribution in [0.15, 0.2) is 182 Å². The second kappa shape index (κ2) is 10.6. The van der Waals surface area contributed by atoms with E-state index in [0.29, 0.717) is 0 Å². The topological polar surface area (TPSA) is 12.0 Å². The summed E-state index contributed by atoms with van der Waals surface area (Å²) in [5, 5.41) is 8.94. The average Bonchev–Trinajstić information content (AvgIpc) is 3.42. The minimum atomic E-state index is -0.430. The van der Waals surface area contributed by atoms with Crippen molar-refractivity contribution in [1.29, 1.82) is 0 Å². The van der Waals surface area contributed by atoms with Crippen LogP contribution in [0.4, 0.5) is 11.4 Å². The molecule has 9 rings (SSSR count). The van der Waals surface area contributed by atoms with Crippen molar-refractivity contribution in [3.05, 3.63) is 204 Å². The number of benzene rings is 8. The lowest BCUT2D eigenvalue weighted by Gasteiger charge is -2.34. The normalized spacial score (nSPS) is 13.0. The van der Waals surface area contributed by atoms with Gasteiger partial charge in [0.25, 0.3) is 0 Å². The molecular weight excluding hydrogens is 555 g/mol. The molecule has 0 saturated carbocycles. The zero-order chi connectivity index (χ0) is 30.5. The number of anilines is 2. The first-order chi connectivity index (χ1) is 22.8. The van der Waals surface area contributed by atoms with Crippen molar-refractivity contribution in [3.63, 3.8) is 0 Å². The molecule has 1 heteroatoms. The fourth-order valence-corrected chi connectivity index (χ4v) is 7.79. The van der Waals surface area contributed by atoms with Gasteiger partial charge < -0.3 is 5.32 Å². The van der Waals surface area contributed by atoms with E-state index in [9.17, 15) is 0 Å². The van der Waals surface area contributed by atoms with Crippen LogP contribution >= 0.6 is 0 Å². The Labute approximate surface area is 269 Å². The van der Waals surface area contributed by atoms with Crippen molar-refractivity contribution < 1.29 is 0 Å². The van der Waals surface area contributed by atoms with E-state index < -0.39 is 5.41 Å². The number of fused-ring (bicyclic) bond motifs is 6. The van der Waals surface area contributed by atoms with Crippen molar-refractivity contribution in [2.75, 3.05) is 5.32 Å². The van der Waals surface area contributed by atoms with Gasteiger partial charge in [-0.05, 0) is 78.7 Å². The smallest absolute Gasteiger partial charge is 0.0714 e. The van der Waals surface area contributed by atoms with Crippen molar-refractivity contribution in [3.8, 4) is 22.3 Å². The Hall–Kier alpha value is -5.92. The highest BCUT2D eigenvalue weighted by atomic mass is 14.9. The van der Waals surface area contributed by atoms with Crippen LogP contribution in [-0.2, 0) is 5.41 Å². The molecule has 0 heterocycles. The van der Waals surface area contributed by atoms with Gasteiger partial charge in [-0.1, -0.05) is 164 Å². The molecule has 0 unspecified atom stereocenters. The van der Waals surface area contributed by atoms with Gasteiger partial charge in [0.1, 0.15) is 0 Å². The van der Waals surface area contributed by atoms with Crippen molar-refractivity contribution >= 4 is 32.9 Å². The van der Waals surface area contributed by atoms with Crippen molar-refractivity contribution in [1.82, 2.24) is 0 Å². The monoisotopic (exact) mass is 585 g/mol. The molecule has 0 fully saturated rings. The fourth-order valence-electron chi connectivity index (χ4n) is 7.79. The lowest BCUT2D eigenvalue weighted by atomic mass is 9.67. The molecule has 0 radical (unpaired) electrons. The van der Waals surface area contributed by atoms with Crippen LogP contribution < -0.4 is 5.32 Å². The van der Waals surface area contributed by atoms with Crippen LogP contribution in [0.5, 0.6) is 0 Å². The Morgan fingerprint density at radius 2 is 0.957 bits per heavy atom. The zero-order valence-electron chi connectivity index (χ0n) is 25.3. The Morgan fingerprint density at radius 1 is 0.370 bits per heavy atom. The molecule has 0 bridgehead atoms. The summed E-state index contributed by atoms with van der Waals surface area (Å²) in [6.45, 7) is 0. The molecule has 46 heavy (non-hydrogen) atoms. The number of nitrogens with one attached hydrogen (secondary N) is 1. The SMILES string of the molecule is c1ccc(C2(c3ccccc3)c3ccccc3-c3ccc(Nc4ccccc4-c4cccc5ccc6ccccc6c45)cc32)cc1. The van der Waals surface area contributed by atoms with Crippen LogP contribution in [0.25, 0.3) is 43.8 Å². The highest BCUT2D eigenvalue weighted by Crippen LogP contribution is 2.56. The molecule has 1 aliphatic carbocycles. The maximum atomic E-state index is 3.88. The minimum absolute atomic E-state index is 0.430. The van der Waals surface area contributed by atoms with Crippen LogP contribution in [-0.4, -0.2) is 0 Å². The summed E-state index contributed by atoms with van der Waals surface area (Å²) in [5.74, 6) is 0. The summed E-state index contributed by atoms with van der Waals surface area (Å²) in [6, 6.07) is 66.3. The average molecular weight is 586 g/mol. The molecular formula is C45H31N. The van der Waals surface area contributed by atoms with E-state index in [2.05, 4.69) is 187 Å². The van der Waals surface area contributed by atoms with E-state index in [-0.39, 0.29) is 0 Å². The van der Waals surface area contributed by atoms with Crippen molar-refractivity contribution in [2.24, 2.45) is 0 Å². The fraction of sp³-hybridized carbons (Fsp3) is 0.0222. The molecule has 1 N–H and O–H groups in total. The summed E-state index contributed by atoms with van der Waals surface area (Å²) < 4.78 is 0. The molecule has 0 saturated heterocycles. The van der Waals surface area contributed by atoms with Gasteiger partial charge in [-0.25, -0.2) is 0 Å². The van der Waals surface area contributed by atoms with E-state index in [1.54, 1.807) is 0 Å². The van der Waals surface area contributed by atoms with Crippen LogP contribution in [0, 0.1) is 0 Å². The minimum Gasteiger partial charge on any atom is -0.355 e. The summed E-state index contributed by atoms with van der Waals surface area (Å²) in [5.41, 5.74) is 11.9. The predicted molar refractivity (Wildman–Crippen MR) is 194 cm³/mol. The third-order valence-corrected chi connectivity index (χ3v) is 9.72. The van der Waals surface area contributed by atoms with Gasteiger partial charge in [-0.2, -0.15) is 0 Å². The molecule has 216 valence electrons. The van der Waals surface area contributed by atoms with Crippen LogP contribution in [0.2, 0.25) is 0 Å². The van der Waals surface area contributed by atoms with Crippen LogP contribution in [0.3, 0.4) is 0 Å². The Bertz CT molecular complexity index is 2350. The number of hydrogen-bond donors (Lipinski definition) is 1. The standard InChI is InChI=1S/C45H31N/c1-3-16-33(17-4-1)45(34-18-5-2-6-19-34)41-24-11-9-21-37(41)38-29-28-35(30-42(38)45)46-43-25-12-10-22-39(43)40-23-13-15-32-27-26-31-14-7-8-20-36(31)44(32)40/h1-30,46H. The summed E-state index contributed by atoms with van der Waals surface area (Å²) in [7, 11) is 0. The summed E-state index contributed by atoms with van der Waals surface area (Å²) >= 11 is 0. The number of hydrogen-bond acceptors (Lipinski definition) is 1. The number of para-hydroxylation sites is 1. The van der Waals surface area contributed by atoms with Gasteiger partial charge in [-0.3, -0.25) is 0 Å². The molecule has 1 aliphatic rings. The largest absolute Gasteiger partial charge is 0.355 e. The summed E-state index contributed by atoms with van der Waals surface area (Å²) in [6.07, 6.45) is 0. The zero-order valence-corrected chi connectivity index (χ0v) is 25.3. The van der Waals surface area contributed by atoms with Gasteiger partial charge in [-0.15, -0.1) is 0 Å². The highest BCUT2D eigenvalue weighted by Gasteiger charge is 2.46. The molecule has 8 aromatic rings. The Kier molecular flexibility index (Phi) is 6.11. The first-order valence-electron chi connectivity index (χ1n) is 15.9. The predicted octanol–water partition coefficient (Wildman–Crippen LogP) is 11.8. The molecule has 0 spiro atoms. The Morgan fingerprint density at radius 3 is 1.76 bits per heavy atom. The van der Waals surface area contributed by atoms with Gasteiger partial charge in [0.05, 0.1) is 5.41 Å². The molecule has 1 nitrogen and oxygen atoms in total. The molecule has 0 aliphatic heterocycles. The van der Waals surface area contributed by atoms with E-state index in [1.165, 1.54) is 66.1 Å². The first kappa shape index (κ1) is 26.5. The molecule has 0 atom stereocenters. The van der Waals surface area contributed by atoms with Gasteiger partial charge in [0.15, 0.2) is 0 Å². The lowest BCUT2D eigenvalue weighted by Crippen LogP contribution is -2.28. The van der Waals surface area contributed by atoms with E-state index >= 15 is 0 Å². The van der Waals surface area contributed by atoms with Crippen LogP contribution in [0.1, 0.15) is 22.3 Å². The Balaban J connectivity index is 1.24. The van der Waals surface area contributed by atoms with E-state index in [0.717, 1.165) is 11.4 Å². The molecule has 8 aromatic carbocycles. The summed E-state index contributed by atoms with van der Waals surface area (Å²) in [4.78, 5) is 0.